The Kier molecular flexibility index (Phi) is 10.2. The molecule has 0 aliphatic carbocycles. The van der Waals surface area contributed by atoms with Crippen LogP contribution in [0.2, 0.25) is 0 Å². The Morgan fingerprint density at radius 1 is 1.11 bits per heavy atom. The van der Waals surface area contributed by atoms with Gasteiger partial charge in [-0.05, 0) is 50.0 Å². The SMILES string of the molecule is CCOC(=O)C(CCc1ccccc1)N[C@@H](CC(C(=O)O)C(C)(C)C)C(=O)N1CCC[C@H]1C(=O)O. The summed E-state index contributed by atoms with van der Waals surface area (Å²) >= 11 is 0. The lowest BCUT2D eigenvalue weighted by molar-refractivity contribution is -0.152. The fourth-order valence-electron chi connectivity index (χ4n) is 4.50. The quantitative estimate of drug-likeness (QED) is 0.381. The number of carboxylic acids is 2. The van der Waals surface area contributed by atoms with E-state index in [1.165, 1.54) is 4.90 Å². The average molecular weight is 491 g/mol. The van der Waals surface area contributed by atoms with Crippen molar-refractivity contribution in [2.45, 2.75) is 77.9 Å². The molecule has 4 atom stereocenters. The lowest BCUT2D eigenvalue weighted by Crippen LogP contribution is -2.56. The maximum atomic E-state index is 13.6. The third-order valence-electron chi connectivity index (χ3n) is 6.47. The van der Waals surface area contributed by atoms with E-state index in [1.807, 2.05) is 30.3 Å². The lowest BCUT2D eigenvalue weighted by Gasteiger charge is -2.34. The van der Waals surface area contributed by atoms with Crippen molar-refractivity contribution in [2.24, 2.45) is 11.3 Å². The third-order valence-corrected chi connectivity index (χ3v) is 6.47. The highest BCUT2D eigenvalue weighted by atomic mass is 16.5. The molecule has 0 radical (unpaired) electrons. The molecule has 3 N–H and O–H groups in total. The summed E-state index contributed by atoms with van der Waals surface area (Å²) in [7, 11) is 0. The number of carboxylic acid groups (broad SMARTS) is 2. The van der Waals surface area contributed by atoms with Crippen molar-refractivity contribution in [3.8, 4) is 0 Å². The van der Waals surface area contributed by atoms with E-state index in [1.54, 1.807) is 27.7 Å². The van der Waals surface area contributed by atoms with Crippen LogP contribution < -0.4 is 5.32 Å². The number of rotatable bonds is 12. The van der Waals surface area contributed by atoms with E-state index in [0.717, 1.165) is 5.56 Å². The second-order valence-corrected chi connectivity index (χ2v) is 10.1. The van der Waals surface area contributed by atoms with Gasteiger partial charge in [0.15, 0.2) is 0 Å². The normalized spacial score (nSPS) is 18.5. The topological polar surface area (TPSA) is 133 Å². The first-order chi connectivity index (χ1) is 16.5. The molecule has 1 fully saturated rings. The molecule has 1 amide bonds. The zero-order valence-corrected chi connectivity index (χ0v) is 21.0. The molecule has 1 aromatic rings. The number of carbonyl (C=O) groups is 4. The van der Waals surface area contributed by atoms with Crippen LogP contribution in [0.25, 0.3) is 0 Å². The number of ether oxygens (including phenoxy) is 1. The standard InChI is InChI=1S/C26H38N2O7/c1-5-35-25(34)19(14-13-17-10-7-6-8-11-17)27-20(16-18(23(30)31)26(2,3)4)22(29)28-15-9-12-21(28)24(32)33/h6-8,10-11,18-21,27H,5,9,12-16H2,1-4H3,(H,30,31)(H,32,33)/t18?,19?,20-,21-/m0/s1. The monoisotopic (exact) mass is 490 g/mol. The minimum absolute atomic E-state index is 0.0816. The number of aliphatic carboxylic acids is 2. The molecule has 1 heterocycles. The molecule has 1 aliphatic heterocycles. The van der Waals surface area contributed by atoms with Crippen molar-refractivity contribution in [3.63, 3.8) is 0 Å². The summed E-state index contributed by atoms with van der Waals surface area (Å²) in [5, 5.41) is 22.5. The van der Waals surface area contributed by atoms with Crippen molar-refractivity contribution in [1.82, 2.24) is 10.2 Å². The molecule has 1 aromatic carbocycles. The predicted octanol–water partition coefficient (Wildman–Crippen LogP) is 2.72. The van der Waals surface area contributed by atoms with E-state index in [0.29, 0.717) is 25.7 Å². The smallest absolute Gasteiger partial charge is 0.326 e. The maximum absolute atomic E-state index is 13.6. The van der Waals surface area contributed by atoms with Crippen molar-refractivity contribution in [3.05, 3.63) is 35.9 Å². The number of hydrogen-bond acceptors (Lipinski definition) is 6. The Hall–Kier alpha value is -2.94. The molecule has 1 saturated heterocycles. The van der Waals surface area contributed by atoms with Gasteiger partial charge in [-0.25, -0.2) is 4.79 Å². The van der Waals surface area contributed by atoms with E-state index in [4.69, 9.17) is 4.74 Å². The van der Waals surface area contributed by atoms with Gasteiger partial charge in [-0.15, -0.1) is 0 Å². The van der Waals surface area contributed by atoms with Gasteiger partial charge >= 0.3 is 17.9 Å². The van der Waals surface area contributed by atoms with E-state index < -0.39 is 53.3 Å². The Morgan fingerprint density at radius 3 is 2.31 bits per heavy atom. The molecule has 194 valence electrons. The van der Waals surface area contributed by atoms with Crippen LogP contribution in [0.4, 0.5) is 0 Å². The van der Waals surface area contributed by atoms with Gasteiger partial charge in [0.2, 0.25) is 5.91 Å². The first-order valence-electron chi connectivity index (χ1n) is 12.2. The Bertz CT molecular complexity index is 881. The van der Waals surface area contributed by atoms with Gasteiger partial charge in [-0.1, -0.05) is 51.1 Å². The van der Waals surface area contributed by atoms with Gasteiger partial charge in [0.05, 0.1) is 18.6 Å². The fraction of sp³-hybridized carbons (Fsp3) is 0.615. The predicted molar refractivity (Wildman–Crippen MR) is 130 cm³/mol. The highest BCUT2D eigenvalue weighted by molar-refractivity contribution is 5.89. The lowest BCUT2D eigenvalue weighted by atomic mass is 9.77. The summed E-state index contributed by atoms with van der Waals surface area (Å²) in [6.45, 7) is 7.46. The van der Waals surface area contributed by atoms with Crippen LogP contribution in [0.1, 0.15) is 58.9 Å². The molecule has 9 nitrogen and oxygen atoms in total. The molecular formula is C26H38N2O7. The summed E-state index contributed by atoms with van der Waals surface area (Å²) in [5.41, 5.74) is 0.349. The summed E-state index contributed by atoms with van der Waals surface area (Å²) in [5.74, 6) is -4.07. The Labute approximate surface area is 206 Å². The van der Waals surface area contributed by atoms with Crippen LogP contribution >= 0.6 is 0 Å². The number of aryl methyl sites for hydroxylation is 1. The number of hydrogen-bond donors (Lipinski definition) is 3. The van der Waals surface area contributed by atoms with Crippen molar-refractivity contribution in [2.75, 3.05) is 13.2 Å². The van der Waals surface area contributed by atoms with Crippen LogP contribution in [-0.2, 0) is 30.3 Å². The summed E-state index contributed by atoms with van der Waals surface area (Å²) in [4.78, 5) is 51.5. The number of likely N-dealkylation sites (tertiary alicyclic amines) is 1. The largest absolute Gasteiger partial charge is 0.481 e. The zero-order valence-electron chi connectivity index (χ0n) is 21.0. The second kappa shape index (κ2) is 12.7. The van der Waals surface area contributed by atoms with Crippen LogP contribution in [0.15, 0.2) is 30.3 Å². The van der Waals surface area contributed by atoms with E-state index in [9.17, 15) is 29.4 Å². The average Bonchev–Trinajstić information content (AvgIpc) is 3.28. The van der Waals surface area contributed by atoms with Gasteiger partial charge in [-0.3, -0.25) is 19.7 Å². The number of benzene rings is 1. The Balaban J connectivity index is 2.34. The molecular weight excluding hydrogens is 452 g/mol. The molecule has 2 rings (SSSR count). The number of nitrogens with one attached hydrogen (secondary N) is 1. The summed E-state index contributed by atoms with van der Waals surface area (Å²) in [6.07, 6.45) is 1.68. The third kappa shape index (κ3) is 8.06. The molecule has 1 aliphatic rings. The van der Waals surface area contributed by atoms with E-state index >= 15 is 0 Å². The zero-order chi connectivity index (χ0) is 26.2. The molecule has 0 aromatic heterocycles. The Morgan fingerprint density at radius 2 is 1.77 bits per heavy atom. The first kappa shape index (κ1) is 28.3. The van der Waals surface area contributed by atoms with Crippen LogP contribution in [-0.4, -0.2) is 70.2 Å². The first-order valence-corrected chi connectivity index (χ1v) is 12.2. The van der Waals surface area contributed by atoms with Crippen molar-refractivity contribution >= 4 is 23.8 Å². The van der Waals surface area contributed by atoms with Crippen LogP contribution in [0.5, 0.6) is 0 Å². The molecule has 2 unspecified atom stereocenters. The van der Waals surface area contributed by atoms with Crippen LogP contribution in [0, 0.1) is 11.3 Å². The molecule has 0 saturated carbocycles. The van der Waals surface area contributed by atoms with E-state index in [2.05, 4.69) is 5.32 Å². The molecule has 0 spiro atoms. The fourth-order valence-corrected chi connectivity index (χ4v) is 4.50. The van der Waals surface area contributed by atoms with Gasteiger partial charge < -0.3 is 19.8 Å². The summed E-state index contributed by atoms with van der Waals surface area (Å²) < 4.78 is 5.24. The van der Waals surface area contributed by atoms with Crippen molar-refractivity contribution in [1.29, 1.82) is 0 Å². The van der Waals surface area contributed by atoms with Gasteiger partial charge in [0.1, 0.15) is 12.1 Å². The second-order valence-electron chi connectivity index (χ2n) is 10.1. The number of amides is 1. The molecule has 0 bridgehead atoms. The number of esters is 1. The summed E-state index contributed by atoms with van der Waals surface area (Å²) in [6, 6.07) is 6.69. The number of nitrogens with zero attached hydrogens (tertiary/aromatic N) is 1. The highest BCUT2D eigenvalue weighted by Gasteiger charge is 2.42. The van der Waals surface area contributed by atoms with Gasteiger partial charge in [0.25, 0.3) is 0 Å². The highest BCUT2D eigenvalue weighted by Crippen LogP contribution is 2.31. The van der Waals surface area contributed by atoms with Crippen molar-refractivity contribution < 1.29 is 34.1 Å². The van der Waals surface area contributed by atoms with Gasteiger partial charge in [-0.2, -0.15) is 0 Å². The molecule has 9 heteroatoms. The van der Waals surface area contributed by atoms with Crippen LogP contribution in [0.3, 0.4) is 0 Å². The van der Waals surface area contributed by atoms with E-state index in [-0.39, 0.29) is 19.6 Å². The van der Waals surface area contributed by atoms with Gasteiger partial charge in [0, 0.05) is 6.54 Å². The minimum Gasteiger partial charge on any atom is -0.481 e. The maximum Gasteiger partial charge on any atom is 0.326 e. The molecule has 35 heavy (non-hydrogen) atoms. The number of carbonyl (C=O) groups excluding carboxylic acids is 2. The minimum atomic E-state index is -1.09.